The minimum atomic E-state index is -3.31. The van der Waals surface area contributed by atoms with Gasteiger partial charge in [0.15, 0.2) is 0 Å². The van der Waals surface area contributed by atoms with E-state index in [1.54, 1.807) is 0 Å². The van der Waals surface area contributed by atoms with Crippen molar-refractivity contribution in [1.29, 1.82) is 0 Å². The molecule has 0 unspecified atom stereocenters. The van der Waals surface area contributed by atoms with Gasteiger partial charge < -0.3 is 5.11 Å². The molecule has 1 rings (SSSR count). The van der Waals surface area contributed by atoms with Crippen molar-refractivity contribution in [2.24, 2.45) is 0 Å². The van der Waals surface area contributed by atoms with Crippen LogP contribution < -0.4 is 4.72 Å². The zero-order chi connectivity index (χ0) is 12.7. The van der Waals surface area contributed by atoms with Gasteiger partial charge in [0.05, 0.1) is 12.4 Å². The summed E-state index contributed by atoms with van der Waals surface area (Å²) < 4.78 is 25.9. The molecular formula is C12H19NO3S. The van der Waals surface area contributed by atoms with E-state index in [0.29, 0.717) is 12.8 Å². The first-order valence-corrected chi connectivity index (χ1v) is 7.37. The predicted molar refractivity (Wildman–Crippen MR) is 68.2 cm³/mol. The summed E-state index contributed by atoms with van der Waals surface area (Å²) >= 11 is 0. The van der Waals surface area contributed by atoms with Crippen LogP contribution in [0.15, 0.2) is 30.3 Å². The summed E-state index contributed by atoms with van der Waals surface area (Å²) in [7, 11) is -3.31. The monoisotopic (exact) mass is 257 g/mol. The number of hydrogen-bond acceptors (Lipinski definition) is 3. The molecular weight excluding hydrogens is 238 g/mol. The third kappa shape index (κ3) is 5.30. The molecule has 4 nitrogen and oxygen atoms in total. The highest BCUT2D eigenvalue weighted by Gasteiger charge is 2.15. The van der Waals surface area contributed by atoms with Crippen LogP contribution in [0.5, 0.6) is 0 Å². The number of hydrogen-bond donors (Lipinski definition) is 2. The molecule has 0 aliphatic rings. The van der Waals surface area contributed by atoms with Crippen molar-refractivity contribution >= 4 is 10.0 Å². The molecule has 0 aliphatic carbocycles. The molecule has 0 amide bonds. The Bertz CT molecular complexity index is 413. The number of nitrogens with one attached hydrogen (secondary N) is 1. The minimum Gasteiger partial charge on any atom is -0.395 e. The van der Waals surface area contributed by atoms with Crippen LogP contribution in [0.25, 0.3) is 0 Å². The van der Waals surface area contributed by atoms with E-state index < -0.39 is 10.0 Å². The summed E-state index contributed by atoms with van der Waals surface area (Å²) in [4.78, 5) is 0. The van der Waals surface area contributed by atoms with Gasteiger partial charge in [0.2, 0.25) is 10.0 Å². The maximum Gasteiger partial charge on any atom is 0.212 e. The zero-order valence-corrected chi connectivity index (χ0v) is 10.8. The molecule has 0 fully saturated rings. The smallest absolute Gasteiger partial charge is 0.212 e. The van der Waals surface area contributed by atoms with E-state index >= 15 is 0 Å². The molecule has 1 atom stereocenters. The van der Waals surface area contributed by atoms with Gasteiger partial charge >= 0.3 is 0 Å². The van der Waals surface area contributed by atoms with Crippen molar-refractivity contribution in [1.82, 2.24) is 4.72 Å². The molecule has 1 aromatic rings. The fourth-order valence-corrected chi connectivity index (χ4v) is 2.83. The second kappa shape index (κ2) is 6.74. The molecule has 17 heavy (non-hydrogen) atoms. The van der Waals surface area contributed by atoms with Gasteiger partial charge in [-0.2, -0.15) is 0 Å². The number of aryl methyl sites for hydroxylation is 1. The lowest BCUT2D eigenvalue weighted by molar-refractivity contribution is 0.254. The summed E-state index contributed by atoms with van der Waals surface area (Å²) in [6, 6.07) is 9.10. The van der Waals surface area contributed by atoms with Crippen molar-refractivity contribution in [3.8, 4) is 0 Å². The van der Waals surface area contributed by atoms with Crippen LogP contribution in [0.3, 0.4) is 0 Å². The zero-order valence-electron chi connectivity index (χ0n) is 9.96. The first-order chi connectivity index (χ1) is 8.07. The Balaban J connectivity index is 2.50. The summed E-state index contributed by atoms with van der Waals surface area (Å²) in [6.07, 6.45) is 1.07. The Hall–Kier alpha value is -0.910. The quantitative estimate of drug-likeness (QED) is 0.763. The highest BCUT2D eigenvalue weighted by Crippen LogP contribution is 2.02. The van der Waals surface area contributed by atoms with Gasteiger partial charge in [-0.25, -0.2) is 13.1 Å². The van der Waals surface area contributed by atoms with Crippen molar-refractivity contribution in [2.45, 2.75) is 25.8 Å². The largest absolute Gasteiger partial charge is 0.395 e. The van der Waals surface area contributed by atoms with Gasteiger partial charge in [0.1, 0.15) is 0 Å². The van der Waals surface area contributed by atoms with E-state index in [-0.39, 0.29) is 18.4 Å². The molecule has 0 radical (unpaired) electrons. The molecule has 5 heteroatoms. The maximum absolute atomic E-state index is 11.7. The number of benzene rings is 1. The second-order valence-electron chi connectivity index (χ2n) is 3.96. The second-order valence-corrected chi connectivity index (χ2v) is 5.83. The van der Waals surface area contributed by atoms with Gasteiger partial charge in [0, 0.05) is 6.04 Å². The maximum atomic E-state index is 11.7. The standard InChI is InChI=1S/C12H19NO3S/c1-2-12(10-14)13-17(15,16)9-8-11-6-4-3-5-7-11/h3-7,12-14H,2,8-10H2,1H3/t12-/m0/s1. The summed E-state index contributed by atoms with van der Waals surface area (Å²) in [5, 5.41) is 8.95. The SMILES string of the molecule is CC[C@@H](CO)NS(=O)(=O)CCc1ccccc1. The fraction of sp³-hybridized carbons (Fsp3) is 0.500. The first-order valence-electron chi connectivity index (χ1n) is 5.72. The average molecular weight is 257 g/mol. The van der Waals surface area contributed by atoms with Crippen LogP contribution in [-0.4, -0.2) is 31.9 Å². The van der Waals surface area contributed by atoms with E-state index in [0.717, 1.165) is 5.56 Å². The molecule has 1 aromatic carbocycles. The highest BCUT2D eigenvalue weighted by molar-refractivity contribution is 7.89. The number of sulfonamides is 1. The summed E-state index contributed by atoms with van der Waals surface area (Å²) in [5.41, 5.74) is 0.995. The lowest BCUT2D eigenvalue weighted by Crippen LogP contribution is -2.38. The third-order valence-electron chi connectivity index (χ3n) is 2.56. The van der Waals surface area contributed by atoms with Gasteiger partial charge in [-0.15, -0.1) is 0 Å². The first kappa shape index (κ1) is 14.2. The summed E-state index contributed by atoms with van der Waals surface area (Å²) in [6.45, 7) is 1.67. The topological polar surface area (TPSA) is 66.4 Å². The molecule has 0 heterocycles. The minimum absolute atomic E-state index is 0.0491. The summed E-state index contributed by atoms with van der Waals surface area (Å²) in [5.74, 6) is 0.0491. The normalized spacial score (nSPS) is 13.5. The Labute approximate surface area is 103 Å². The Morgan fingerprint density at radius 2 is 1.94 bits per heavy atom. The van der Waals surface area contributed by atoms with Crippen molar-refractivity contribution in [3.05, 3.63) is 35.9 Å². The van der Waals surface area contributed by atoms with Gasteiger partial charge in [-0.3, -0.25) is 0 Å². The van der Waals surface area contributed by atoms with Gasteiger partial charge in [0.25, 0.3) is 0 Å². The molecule has 0 saturated carbocycles. The lowest BCUT2D eigenvalue weighted by Gasteiger charge is -2.14. The van der Waals surface area contributed by atoms with Gasteiger partial charge in [-0.05, 0) is 18.4 Å². The molecule has 0 aliphatic heterocycles. The number of aliphatic hydroxyl groups excluding tert-OH is 1. The predicted octanol–water partition coefficient (Wildman–Crippen LogP) is 0.919. The van der Waals surface area contributed by atoms with E-state index in [4.69, 9.17) is 5.11 Å². The molecule has 2 N–H and O–H groups in total. The van der Waals surface area contributed by atoms with Crippen LogP contribution in [0.2, 0.25) is 0 Å². The van der Waals surface area contributed by atoms with Crippen molar-refractivity contribution < 1.29 is 13.5 Å². The number of rotatable bonds is 7. The molecule has 0 bridgehead atoms. The highest BCUT2D eigenvalue weighted by atomic mass is 32.2. The van der Waals surface area contributed by atoms with Crippen LogP contribution in [0.4, 0.5) is 0 Å². The van der Waals surface area contributed by atoms with Crippen molar-refractivity contribution in [3.63, 3.8) is 0 Å². The number of aliphatic hydroxyl groups is 1. The van der Waals surface area contributed by atoms with E-state index in [1.807, 2.05) is 37.3 Å². The lowest BCUT2D eigenvalue weighted by atomic mass is 10.2. The van der Waals surface area contributed by atoms with E-state index in [1.165, 1.54) is 0 Å². The van der Waals surface area contributed by atoms with E-state index in [2.05, 4.69) is 4.72 Å². The van der Waals surface area contributed by atoms with E-state index in [9.17, 15) is 8.42 Å². The van der Waals surface area contributed by atoms with Gasteiger partial charge in [-0.1, -0.05) is 37.3 Å². The Morgan fingerprint density at radius 3 is 2.47 bits per heavy atom. The van der Waals surface area contributed by atoms with Crippen LogP contribution in [-0.2, 0) is 16.4 Å². The van der Waals surface area contributed by atoms with Crippen LogP contribution >= 0.6 is 0 Å². The van der Waals surface area contributed by atoms with Crippen LogP contribution in [0, 0.1) is 0 Å². The molecule has 0 aromatic heterocycles. The molecule has 0 spiro atoms. The Kier molecular flexibility index (Phi) is 5.61. The Morgan fingerprint density at radius 1 is 1.29 bits per heavy atom. The van der Waals surface area contributed by atoms with Crippen LogP contribution in [0.1, 0.15) is 18.9 Å². The molecule has 96 valence electrons. The fourth-order valence-electron chi connectivity index (χ4n) is 1.46. The van der Waals surface area contributed by atoms with Crippen molar-refractivity contribution in [2.75, 3.05) is 12.4 Å². The average Bonchev–Trinajstić information content (AvgIpc) is 2.35. The third-order valence-corrected chi connectivity index (χ3v) is 4.00. The molecule has 0 saturated heterocycles.